The number of hydrogen-bond donors (Lipinski definition) is 0. The average Bonchev–Trinajstić information content (AvgIpc) is 2.32. The van der Waals surface area contributed by atoms with Gasteiger partial charge in [0.25, 0.3) is 0 Å². The van der Waals surface area contributed by atoms with Crippen LogP contribution in [0.1, 0.15) is 25.3 Å². The molecule has 0 spiro atoms. The van der Waals surface area contributed by atoms with E-state index in [0.717, 1.165) is 12.8 Å². The minimum absolute atomic E-state index is 0. The van der Waals surface area contributed by atoms with Crippen LogP contribution in [0.25, 0.3) is 0 Å². The fourth-order valence-electron chi connectivity index (χ4n) is 1.26. The van der Waals surface area contributed by atoms with E-state index in [1.165, 1.54) is 12.6 Å². The molecule has 1 aromatic heterocycles. The molecular weight excluding hydrogens is 199 g/mol. The first kappa shape index (κ1) is 11.4. The third-order valence-corrected chi connectivity index (χ3v) is 2.81. The molecule has 1 aliphatic rings. The summed E-state index contributed by atoms with van der Waals surface area (Å²) in [6.45, 7) is 0. The number of nitrogens with zero attached hydrogens (tertiary/aromatic N) is 2. The number of rotatable bonds is 2. The van der Waals surface area contributed by atoms with E-state index in [1.807, 2.05) is 0 Å². The van der Waals surface area contributed by atoms with Crippen LogP contribution in [-0.4, -0.2) is 18.5 Å². The van der Waals surface area contributed by atoms with Crippen LogP contribution in [0.4, 0.5) is 0 Å². The molecule has 4 nitrogen and oxygen atoms in total. The molecule has 13 heavy (non-hydrogen) atoms. The summed E-state index contributed by atoms with van der Waals surface area (Å²) in [5.41, 5.74) is 0. The first-order valence-corrected chi connectivity index (χ1v) is 4.98. The van der Waals surface area contributed by atoms with Crippen molar-refractivity contribution < 1.29 is 38.3 Å². The second kappa shape index (κ2) is 4.70. The van der Waals surface area contributed by atoms with Crippen molar-refractivity contribution in [2.45, 2.75) is 30.2 Å². The molecule has 1 heterocycles. The van der Waals surface area contributed by atoms with E-state index in [4.69, 9.17) is 0 Å². The molecular formula is C7H9N2NaO2S. The Balaban J connectivity index is 0.000000845. The Morgan fingerprint density at radius 1 is 1.62 bits per heavy atom. The first-order chi connectivity index (χ1) is 5.77. The van der Waals surface area contributed by atoms with Crippen molar-refractivity contribution >= 4 is 11.1 Å². The molecule has 1 atom stereocenters. The fourth-order valence-corrected chi connectivity index (χ4v) is 1.58. The maximum Gasteiger partial charge on any atom is 1.00 e. The molecule has 1 aliphatic carbocycles. The summed E-state index contributed by atoms with van der Waals surface area (Å²) in [5.74, 6) is 0. The van der Waals surface area contributed by atoms with E-state index in [2.05, 4.69) is 5.10 Å². The van der Waals surface area contributed by atoms with Gasteiger partial charge in [-0.2, -0.15) is 5.10 Å². The summed E-state index contributed by atoms with van der Waals surface area (Å²) >= 11 is -2.14. The van der Waals surface area contributed by atoms with Crippen LogP contribution in [0.15, 0.2) is 17.3 Å². The van der Waals surface area contributed by atoms with Crippen molar-refractivity contribution in [1.29, 1.82) is 0 Å². The Labute approximate surface area is 101 Å². The Bertz CT molecular complexity index is 311. The summed E-state index contributed by atoms with van der Waals surface area (Å²) in [6.07, 6.45) is 6.44. The molecule has 1 fully saturated rings. The van der Waals surface area contributed by atoms with Crippen molar-refractivity contribution in [3.63, 3.8) is 0 Å². The third-order valence-electron chi connectivity index (χ3n) is 2.22. The molecule has 0 radical (unpaired) electrons. The molecule has 0 saturated heterocycles. The van der Waals surface area contributed by atoms with Gasteiger partial charge in [-0.15, -0.1) is 0 Å². The largest absolute Gasteiger partial charge is 1.00 e. The third kappa shape index (κ3) is 2.41. The van der Waals surface area contributed by atoms with E-state index in [-0.39, 0.29) is 34.5 Å². The van der Waals surface area contributed by atoms with Gasteiger partial charge in [0, 0.05) is 6.20 Å². The molecule has 0 aliphatic heterocycles. The fraction of sp³-hybridized carbons (Fsp3) is 0.571. The first-order valence-electron chi connectivity index (χ1n) is 3.91. The van der Waals surface area contributed by atoms with Crippen molar-refractivity contribution in [3.05, 3.63) is 12.4 Å². The van der Waals surface area contributed by atoms with E-state index in [0.29, 0.717) is 6.04 Å². The summed E-state index contributed by atoms with van der Waals surface area (Å²) in [7, 11) is 0. The Kier molecular flexibility index (Phi) is 4.12. The second-order valence-corrected chi connectivity index (χ2v) is 3.92. The van der Waals surface area contributed by atoms with E-state index >= 15 is 0 Å². The van der Waals surface area contributed by atoms with Crippen LogP contribution in [0.2, 0.25) is 0 Å². The topological polar surface area (TPSA) is 57.9 Å². The minimum atomic E-state index is -2.14. The summed E-state index contributed by atoms with van der Waals surface area (Å²) in [5, 5.41) is 3.98. The number of aromatic nitrogens is 2. The summed E-state index contributed by atoms with van der Waals surface area (Å²) < 4.78 is 22.7. The Hall–Kier alpha value is 0.320. The monoisotopic (exact) mass is 208 g/mol. The Morgan fingerprint density at radius 3 is 2.69 bits per heavy atom. The molecule has 0 N–H and O–H groups in total. The van der Waals surface area contributed by atoms with Crippen LogP contribution >= 0.6 is 0 Å². The van der Waals surface area contributed by atoms with Crippen LogP contribution in [0.3, 0.4) is 0 Å². The predicted molar refractivity (Wildman–Crippen MR) is 42.3 cm³/mol. The molecule has 0 bridgehead atoms. The van der Waals surface area contributed by atoms with Crippen molar-refractivity contribution in [3.8, 4) is 0 Å². The van der Waals surface area contributed by atoms with Gasteiger partial charge >= 0.3 is 29.6 Å². The molecule has 1 aromatic rings. The zero-order valence-corrected chi connectivity index (χ0v) is 10.3. The molecule has 6 heteroatoms. The van der Waals surface area contributed by atoms with Gasteiger partial charge in [0.2, 0.25) is 0 Å². The molecule has 66 valence electrons. The van der Waals surface area contributed by atoms with Crippen molar-refractivity contribution in [2.75, 3.05) is 0 Å². The van der Waals surface area contributed by atoms with Gasteiger partial charge < -0.3 is 4.55 Å². The van der Waals surface area contributed by atoms with Gasteiger partial charge in [0.1, 0.15) is 0 Å². The minimum Gasteiger partial charge on any atom is -0.768 e. The predicted octanol–water partition coefficient (Wildman–Crippen LogP) is -2.15. The smallest absolute Gasteiger partial charge is 0.768 e. The van der Waals surface area contributed by atoms with Gasteiger partial charge in [-0.25, -0.2) is 0 Å². The van der Waals surface area contributed by atoms with Gasteiger partial charge in [0.05, 0.1) is 17.1 Å². The molecule has 1 saturated carbocycles. The molecule has 0 amide bonds. The van der Waals surface area contributed by atoms with Crippen LogP contribution in [-0.2, 0) is 11.1 Å². The van der Waals surface area contributed by atoms with Crippen molar-refractivity contribution in [1.82, 2.24) is 9.78 Å². The van der Waals surface area contributed by atoms with Crippen LogP contribution in [0.5, 0.6) is 0 Å². The van der Waals surface area contributed by atoms with Gasteiger partial charge in [-0.1, -0.05) is 0 Å². The quantitative estimate of drug-likeness (QED) is 0.411. The molecule has 2 rings (SSSR count). The average molecular weight is 208 g/mol. The van der Waals surface area contributed by atoms with E-state index in [9.17, 15) is 8.76 Å². The zero-order chi connectivity index (χ0) is 8.55. The van der Waals surface area contributed by atoms with Crippen LogP contribution in [0, 0.1) is 0 Å². The SMILES string of the molecule is O=S([O-])c1cnn(C2CCC2)c1.[Na+]. The summed E-state index contributed by atoms with van der Waals surface area (Å²) in [4.78, 5) is 0.280. The van der Waals surface area contributed by atoms with Gasteiger partial charge in [0.15, 0.2) is 0 Å². The molecule has 1 unspecified atom stereocenters. The standard InChI is InChI=1S/C7H10N2O2S.Na/c10-12(11)7-4-8-9(5-7)6-2-1-3-6;/h4-6H,1-3H2,(H,10,11);/q;+1/p-1. The zero-order valence-electron chi connectivity index (χ0n) is 7.47. The maximum atomic E-state index is 10.5. The van der Waals surface area contributed by atoms with Crippen molar-refractivity contribution in [2.24, 2.45) is 0 Å². The number of hydrogen-bond acceptors (Lipinski definition) is 3. The Morgan fingerprint density at radius 2 is 2.31 bits per heavy atom. The van der Waals surface area contributed by atoms with Crippen LogP contribution < -0.4 is 29.6 Å². The normalized spacial score (nSPS) is 18.8. The van der Waals surface area contributed by atoms with Gasteiger partial charge in [-0.05, 0) is 30.3 Å². The summed E-state index contributed by atoms with van der Waals surface area (Å²) in [6, 6.07) is 0.433. The van der Waals surface area contributed by atoms with Gasteiger partial charge in [-0.3, -0.25) is 8.89 Å². The van der Waals surface area contributed by atoms with E-state index in [1.54, 1.807) is 10.9 Å². The molecule has 0 aromatic carbocycles. The second-order valence-electron chi connectivity index (χ2n) is 2.98. The van der Waals surface area contributed by atoms with E-state index < -0.39 is 11.1 Å². The maximum absolute atomic E-state index is 10.5.